The first-order valence-corrected chi connectivity index (χ1v) is 11.4. The van der Waals surface area contributed by atoms with Crippen LogP contribution in [0, 0.1) is 0 Å². The maximum atomic E-state index is 12.1. The second kappa shape index (κ2) is 12.5. The molecule has 2 N–H and O–H groups in total. The Morgan fingerprint density at radius 1 is 1.40 bits per heavy atom. The molecule has 3 atom stereocenters. The van der Waals surface area contributed by atoms with E-state index in [0.29, 0.717) is 11.3 Å². The zero-order valence-corrected chi connectivity index (χ0v) is 19.6. The van der Waals surface area contributed by atoms with Crippen LogP contribution in [0.25, 0.3) is 0 Å². The van der Waals surface area contributed by atoms with Crippen LogP contribution >= 0.6 is 46.9 Å². The van der Waals surface area contributed by atoms with Crippen molar-refractivity contribution in [2.45, 2.75) is 57.2 Å². The van der Waals surface area contributed by atoms with Gasteiger partial charge < -0.3 is 10.6 Å². The number of hydrogen-bond donors (Lipinski definition) is 2. The van der Waals surface area contributed by atoms with E-state index < -0.39 is 10.8 Å². The van der Waals surface area contributed by atoms with Gasteiger partial charge in [-0.05, 0) is 38.3 Å². The van der Waals surface area contributed by atoms with Gasteiger partial charge in [0.1, 0.15) is 0 Å². The summed E-state index contributed by atoms with van der Waals surface area (Å²) in [5, 5.41) is 7.19. The topological polar surface area (TPSA) is 53.5 Å². The Morgan fingerprint density at radius 2 is 2.20 bits per heavy atom. The monoisotopic (exact) mass is 517 g/mol. The van der Waals surface area contributed by atoms with Crippen molar-refractivity contribution in [1.82, 2.24) is 10.6 Å². The molecule has 8 heteroatoms. The summed E-state index contributed by atoms with van der Waals surface area (Å²) in [5.74, 6) is 1.63. The molecule has 25 heavy (non-hydrogen) atoms. The molecule has 1 aliphatic rings. The van der Waals surface area contributed by atoms with Crippen LogP contribution in [0.1, 0.15) is 44.4 Å². The smallest absolute Gasteiger partial charge is 0.191 e. The summed E-state index contributed by atoms with van der Waals surface area (Å²) in [6.45, 7) is 5.67. The minimum atomic E-state index is -0.692. The summed E-state index contributed by atoms with van der Waals surface area (Å²) in [4.78, 5) is 5.94. The van der Waals surface area contributed by atoms with Crippen LogP contribution in [0.5, 0.6) is 0 Å². The molecule has 1 fully saturated rings. The highest BCUT2D eigenvalue weighted by Crippen LogP contribution is 2.23. The highest BCUT2D eigenvalue weighted by atomic mass is 127. The Hall–Kier alpha value is 0.140. The SMILES string of the molecule is CCNC(=NCCc1ccc(Cl)s1)NC1CCCC(S(=O)CC)C1.I. The molecule has 0 radical (unpaired) electrons. The minimum Gasteiger partial charge on any atom is -0.357 e. The summed E-state index contributed by atoms with van der Waals surface area (Å²) in [5.41, 5.74) is 0. The lowest BCUT2D eigenvalue weighted by Gasteiger charge is -2.30. The lowest BCUT2D eigenvalue weighted by Crippen LogP contribution is -2.46. The van der Waals surface area contributed by atoms with Gasteiger partial charge in [-0.3, -0.25) is 9.20 Å². The lowest BCUT2D eigenvalue weighted by molar-refractivity contribution is 0.413. The summed E-state index contributed by atoms with van der Waals surface area (Å²) >= 11 is 7.58. The van der Waals surface area contributed by atoms with Gasteiger partial charge in [-0.1, -0.05) is 24.9 Å². The van der Waals surface area contributed by atoms with E-state index >= 15 is 0 Å². The van der Waals surface area contributed by atoms with Gasteiger partial charge in [0.25, 0.3) is 0 Å². The van der Waals surface area contributed by atoms with Crippen LogP contribution in [0.15, 0.2) is 17.1 Å². The molecule has 0 aromatic carbocycles. The summed E-state index contributed by atoms with van der Waals surface area (Å²) in [6.07, 6.45) is 5.24. The van der Waals surface area contributed by atoms with Gasteiger partial charge >= 0.3 is 0 Å². The fourth-order valence-corrected chi connectivity index (χ4v) is 5.45. The first kappa shape index (κ1) is 23.2. The predicted molar refractivity (Wildman–Crippen MR) is 122 cm³/mol. The molecular weight excluding hydrogens is 489 g/mol. The average Bonchev–Trinajstić information content (AvgIpc) is 3.00. The Kier molecular flexibility index (Phi) is 11.6. The first-order valence-electron chi connectivity index (χ1n) is 8.78. The number of aliphatic imine (C=N–C) groups is 1. The number of nitrogens with one attached hydrogen (secondary N) is 2. The summed E-state index contributed by atoms with van der Waals surface area (Å²) in [6, 6.07) is 4.37. The van der Waals surface area contributed by atoms with E-state index in [-0.39, 0.29) is 24.0 Å². The van der Waals surface area contributed by atoms with E-state index in [1.807, 2.05) is 13.0 Å². The van der Waals surface area contributed by atoms with Crippen molar-refractivity contribution < 1.29 is 4.21 Å². The van der Waals surface area contributed by atoms with Crippen LogP contribution in [0.4, 0.5) is 0 Å². The summed E-state index contributed by atoms with van der Waals surface area (Å²) < 4.78 is 12.9. The molecular formula is C17H29ClIN3OS2. The zero-order valence-electron chi connectivity index (χ0n) is 14.9. The third-order valence-electron chi connectivity index (χ3n) is 4.22. The number of guanidine groups is 1. The Balaban J connectivity index is 0.00000312. The van der Waals surface area contributed by atoms with E-state index in [0.717, 1.165) is 61.2 Å². The maximum absolute atomic E-state index is 12.1. The molecule has 0 amide bonds. The quantitative estimate of drug-likeness (QED) is 0.324. The van der Waals surface area contributed by atoms with Crippen LogP contribution in [-0.4, -0.2) is 40.3 Å². The molecule has 0 bridgehead atoms. The number of thiophene rings is 1. The van der Waals surface area contributed by atoms with Gasteiger partial charge in [-0.25, -0.2) is 0 Å². The fourth-order valence-electron chi connectivity index (χ4n) is 3.03. The van der Waals surface area contributed by atoms with Gasteiger partial charge in [0, 0.05) is 52.2 Å². The van der Waals surface area contributed by atoms with Crippen molar-refractivity contribution in [3.63, 3.8) is 0 Å². The Bertz CT molecular complexity index is 568. The molecule has 4 nitrogen and oxygen atoms in total. The molecule has 3 unspecified atom stereocenters. The van der Waals surface area contributed by atoms with Crippen LogP contribution < -0.4 is 10.6 Å². The average molecular weight is 518 g/mol. The van der Waals surface area contributed by atoms with E-state index in [4.69, 9.17) is 11.6 Å². The van der Waals surface area contributed by atoms with Crippen LogP contribution in [0.3, 0.4) is 0 Å². The molecule has 0 spiro atoms. The third kappa shape index (κ3) is 8.13. The number of rotatable bonds is 7. The molecule has 1 saturated carbocycles. The van der Waals surface area contributed by atoms with Crippen molar-refractivity contribution in [3.8, 4) is 0 Å². The molecule has 1 aromatic heterocycles. The van der Waals surface area contributed by atoms with Crippen molar-refractivity contribution in [2.24, 2.45) is 4.99 Å². The maximum Gasteiger partial charge on any atom is 0.191 e. The van der Waals surface area contributed by atoms with Crippen molar-refractivity contribution in [2.75, 3.05) is 18.8 Å². The van der Waals surface area contributed by atoms with Gasteiger partial charge in [0.15, 0.2) is 5.96 Å². The van der Waals surface area contributed by atoms with E-state index in [2.05, 4.69) is 28.6 Å². The van der Waals surface area contributed by atoms with Crippen LogP contribution in [0.2, 0.25) is 4.34 Å². The van der Waals surface area contributed by atoms with E-state index in [1.165, 1.54) is 4.88 Å². The second-order valence-electron chi connectivity index (χ2n) is 6.02. The largest absolute Gasteiger partial charge is 0.357 e. The number of hydrogen-bond acceptors (Lipinski definition) is 3. The second-order valence-corrected chi connectivity index (χ2v) is 9.82. The highest BCUT2D eigenvalue weighted by Gasteiger charge is 2.25. The van der Waals surface area contributed by atoms with Crippen LogP contribution in [-0.2, 0) is 17.2 Å². The van der Waals surface area contributed by atoms with E-state index in [9.17, 15) is 4.21 Å². The van der Waals surface area contributed by atoms with Crippen molar-refractivity contribution >= 4 is 63.7 Å². The standard InChI is InChI=1S/C17H28ClN3OS2.HI/c1-3-19-17(20-11-10-14-8-9-16(18)23-14)21-13-6-5-7-15(12-13)24(22)4-2;/h8-9,13,15H,3-7,10-12H2,1-2H3,(H2,19,20,21);1H. The summed E-state index contributed by atoms with van der Waals surface area (Å²) in [7, 11) is -0.692. The molecule has 0 saturated heterocycles. The van der Waals surface area contributed by atoms with Gasteiger partial charge in [0.2, 0.25) is 0 Å². The van der Waals surface area contributed by atoms with Crippen molar-refractivity contribution in [3.05, 3.63) is 21.3 Å². The minimum absolute atomic E-state index is 0. The number of nitrogens with zero attached hydrogens (tertiary/aromatic N) is 1. The lowest BCUT2D eigenvalue weighted by atomic mass is 9.95. The van der Waals surface area contributed by atoms with Gasteiger partial charge in [0.05, 0.1) is 4.34 Å². The highest BCUT2D eigenvalue weighted by molar-refractivity contribution is 14.0. The first-order chi connectivity index (χ1) is 11.6. The Labute approximate surface area is 180 Å². The number of halogens is 2. The van der Waals surface area contributed by atoms with Crippen molar-refractivity contribution in [1.29, 1.82) is 0 Å². The molecule has 144 valence electrons. The predicted octanol–water partition coefficient (Wildman–Crippen LogP) is 4.20. The molecule has 1 aromatic rings. The Morgan fingerprint density at radius 3 is 2.84 bits per heavy atom. The fraction of sp³-hybridized carbons (Fsp3) is 0.706. The van der Waals surface area contributed by atoms with E-state index in [1.54, 1.807) is 11.3 Å². The molecule has 0 aliphatic heterocycles. The molecule has 1 heterocycles. The molecule has 1 aliphatic carbocycles. The molecule has 2 rings (SSSR count). The third-order valence-corrected chi connectivity index (χ3v) is 7.26. The van der Waals surface area contributed by atoms with Gasteiger partial charge in [-0.2, -0.15) is 0 Å². The normalized spacial score (nSPS) is 22.1. The zero-order chi connectivity index (χ0) is 17.4. The van der Waals surface area contributed by atoms with Gasteiger partial charge in [-0.15, -0.1) is 35.3 Å².